The summed E-state index contributed by atoms with van der Waals surface area (Å²) in [6.07, 6.45) is 3.38. The first kappa shape index (κ1) is 19.5. The number of carbonyl (C=O) groups is 2. The van der Waals surface area contributed by atoms with Gasteiger partial charge < -0.3 is 27.6 Å². The number of primary amides is 1. The third-order valence-electron chi connectivity index (χ3n) is 3.71. The molecular weight excluding hydrogens is 352 g/mol. The number of nitrogens with two attached hydrogens (primary N) is 3. The Labute approximate surface area is 154 Å². The van der Waals surface area contributed by atoms with Gasteiger partial charge in [-0.25, -0.2) is 4.79 Å². The number of benzene rings is 1. The molecule has 2 aromatic rings. The molecular formula is C17H20N6O4. The Balaban J connectivity index is 2.02. The second-order valence-corrected chi connectivity index (χ2v) is 5.69. The first-order chi connectivity index (χ1) is 12.8. The topological polar surface area (TPSA) is 190 Å². The number of rotatable bonds is 8. The first-order valence-corrected chi connectivity index (χ1v) is 8.01. The van der Waals surface area contributed by atoms with Gasteiger partial charge in [-0.15, -0.1) is 0 Å². The summed E-state index contributed by atoms with van der Waals surface area (Å²) in [5.41, 5.74) is 17.1. The van der Waals surface area contributed by atoms with Crippen LogP contribution in [0.5, 0.6) is 0 Å². The number of hydrogen-bond acceptors (Lipinski definition) is 7. The van der Waals surface area contributed by atoms with E-state index in [0.717, 1.165) is 6.08 Å². The molecule has 0 saturated heterocycles. The fraction of sp³-hybridized carbons (Fsp3) is 0.176. The van der Waals surface area contributed by atoms with Gasteiger partial charge >= 0.3 is 5.97 Å². The van der Waals surface area contributed by atoms with E-state index in [9.17, 15) is 19.5 Å². The summed E-state index contributed by atoms with van der Waals surface area (Å²) in [4.78, 5) is 40.2. The van der Waals surface area contributed by atoms with Gasteiger partial charge in [0.25, 0.3) is 5.56 Å². The molecule has 0 radical (unpaired) electrons. The van der Waals surface area contributed by atoms with Gasteiger partial charge in [0, 0.05) is 18.3 Å². The number of nitrogens with one attached hydrogen (secondary N) is 2. The third kappa shape index (κ3) is 5.33. The summed E-state index contributed by atoms with van der Waals surface area (Å²) in [7, 11) is 0. The second-order valence-electron chi connectivity index (χ2n) is 5.69. The van der Waals surface area contributed by atoms with Crippen molar-refractivity contribution in [3.05, 3.63) is 51.3 Å². The molecule has 0 aliphatic rings. The van der Waals surface area contributed by atoms with Gasteiger partial charge in [-0.1, -0.05) is 6.07 Å². The molecule has 0 aliphatic carbocycles. The van der Waals surface area contributed by atoms with E-state index in [2.05, 4.69) is 15.3 Å². The van der Waals surface area contributed by atoms with Crippen LogP contribution >= 0.6 is 0 Å². The van der Waals surface area contributed by atoms with E-state index in [1.165, 1.54) is 12.1 Å². The van der Waals surface area contributed by atoms with Gasteiger partial charge in [-0.2, -0.15) is 4.98 Å². The predicted molar refractivity (Wildman–Crippen MR) is 102 cm³/mol. The van der Waals surface area contributed by atoms with Crippen molar-refractivity contribution in [1.82, 2.24) is 9.97 Å². The zero-order chi connectivity index (χ0) is 20.0. The molecule has 2 rings (SSSR count). The van der Waals surface area contributed by atoms with E-state index in [4.69, 9.17) is 17.2 Å². The maximum Gasteiger partial charge on any atom is 0.336 e. The number of hydrogen-bond donors (Lipinski definition) is 6. The van der Waals surface area contributed by atoms with Gasteiger partial charge in [-0.05, 0) is 36.6 Å². The van der Waals surface area contributed by atoms with Gasteiger partial charge in [-0.3, -0.25) is 14.6 Å². The molecule has 0 bridgehead atoms. The number of H-pyrrole nitrogens is 1. The molecule has 0 unspecified atom stereocenters. The SMILES string of the molecule is NC(=O)C=Cc1ccc(NCCCc2c(N)nc(N)[nH]c2=O)cc1C(=O)O. The van der Waals surface area contributed by atoms with Gasteiger partial charge in [0.05, 0.1) is 11.1 Å². The number of carboxylic acids is 1. The lowest BCUT2D eigenvalue weighted by molar-refractivity contribution is -0.113. The normalized spacial score (nSPS) is 10.8. The van der Waals surface area contributed by atoms with Crippen molar-refractivity contribution in [2.75, 3.05) is 23.3 Å². The fourth-order valence-corrected chi connectivity index (χ4v) is 2.44. The predicted octanol–water partition coefficient (Wildman–Crippen LogP) is 0.176. The van der Waals surface area contributed by atoms with Crippen LogP contribution in [0.25, 0.3) is 6.08 Å². The van der Waals surface area contributed by atoms with Gasteiger partial charge in [0.2, 0.25) is 11.9 Å². The molecule has 0 aliphatic heterocycles. The molecule has 27 heavy (non-hydrogen) atoms. The van der Waals surface area contributed by atoms with Crippen LogP contribution in [0.15, 0.2) is 29.1 Å². The van der Waals surface area contributed by atoms with Crippen LogP contribution in [0.4, 0.5) is 17.5 Å². The van der Waals surface area contributed by atoms with Gasteiger partial charge in [0.15, 0.2) is 0 Å². The lowest BCUT2D eigenvalue weighted by Crippen LogP contribution is -2.20. The maximum atomic E-state index is 11.8. The highest BCUT2D eigenvalue weighted by Crippen LogP contribution is 2.18. The van der Waals surface area contributed by atoms with E-state index >= 15 is 0 Å². The number of aromatic nitrogens is 2. The Bertz CT molecular complexity index is 951. The van der Waals surface area contributed by atoms with Crippen LogP contribution in [-0.2, 0) is 11.2 Å². The van der Waals surface area contributed by atoms with Crippen LogP contribution in [0.1, 0.15) is 27.9 Å². The third-order valence-corrected chi connectivity index (χ3v) is 3.71. The lowest BCUT2D eigenvalue weighted by Gasteiger charge is -2.09. The van der Waals surface area contributed by atoms with E-state index in [0.29, 0.717) is 36.2 Å². The number of carboxylic acid groups (broad SMARTS) is 1. The Morgan fingerprint density at radius 2 is 2.04 bits per heavy atom. The molecule has 0 atom stereocenters. The number of nitrogens with zero attached hydrogens (tertiary/aromatic N) is 1. The second kappa shape index (κ2) is 8.52. The molecule has 1 amide bonds. The van der Waals surface area contributed by atoms with Crippen LogP contribution < -0.4 is 28.1 Å². The largest absolute Gasteiger partial charge is 0.478 e. The minimum Gasteiger partial charge on any atom is -0.478 e. The lowest BCUT2D eigenvalue weighted by atomic mass is 10.1. The smallest absolute Gasteiger partial charge is 0.336 e. The van der Waals surface area contributed by atoms with Crippen molar-refractivity contribution in [1.29, 1.82) is 0 Å². The summed E-state index contributed by atoms with van der Waals surface area (Å²) < 4.78 is 0. The molecule has 1 heterocycles. The van der Waals surface area contributed by atoms with Crippen molar-refractivity contribution in [2.24, 2.45) is 5.73 Å². The van der Waals surface area contributed by atoms with Crippen molar-refractivity contribution < 1.29 is 14.7 Å². The first-order valence-electron chi connectivity index (χ1n) is 8.01. The van der Waals surface area contributed by atoms with Crippen LogP contribution in [0.3, 0.4) is 0 Å². The van der Waals surface area contributed by atoms with Crippen LogP contribution in [0.2, 0.25) is 0 Å². The summed E-state index contributed by atoms with van der Waals surface area (Å²) in [5.74, 6) is -1.74. The standard InChI is InChI=1S/C17H20N6O4/c18-13(24)6-4-9-3-5-10(8-12(9)16(26)27)21-7-1-2-11-14(19)22-17(20)23-15(11)25/h3-6,8,21H,1-2,7H2,(H2,18,24)(H,26,27)(H5,19,20,22,23,25). The summed E-state index contributed by atoms with van der Waals surface area (Å²) in [5, 5.41) is 12.4. The zero-order valence-corrected chi connectivity index (χ0v) is 14.4. The van der Waals surface area contributed by atoms with Crippen molar-refractivity contribution in [2.45, 2.75) is 12.8 Å². The Morgan fingerprint density at radius 1 is 1.30 bits per heavy atom. The van der Waals surface area contributed by atoms with E-state index in [-0.39, 0.29) is 22.9 Å². The molecule has 9 N–H and O–H groups in total. The molecule has 10 nitrogen and oxygen atoms in total. The highest BCUT2D eigenvalue weighted by atomic mass is 16.4. The quantitative estimate of drug-likeness (QED) is 0.279. The number of amides is 1. The van der Waals surface area contributed by atoms with E-state index < -0.39 is 11.9 Å². The van der Waals surface area contributed by atoms with Gasteiger partial charge in [0.1, 0.15) is 5.82 Å². The molecule has 0 spiro atoms. The summed E-state index contributed by atoms with van der Waals surface area (Å²) in [6.45, 7) is 0.471. The molecule has 0 saturated carbocycles. The summed E-state index contributed by atoms with van der Waals surface area (Å²) in [6, 6.07) is 4.70. The highest BCUT2D eigenvalue weighted by molar-refractivity contribution is 5.96. The van der Waals surface area contributed by atoms with E-state index in [1.54, 1.807) is 12.1 Å². The van der Waals surface area contributed by atoms with E-state index in [1.807, 2.05) is 0 Å². The number of anilines is 3. The Morgan fingerprint density at radius 3 is 2.67 bits per heavy atom. The average Bonchev–Trinajstić information content (AvgIpc) is 2.58. The van der Waals surface area contributed by atoms with Crippen molar-refractivity contribution in [3.8, 4) is 0 Å². The Kier molecular flexibility index (Phi) is 6.15. The number of aromatic amines is 1. The summed E-state index contributed by atoms with van der Waals surface area (Å²) >= 11 is 0. The molecule has 1 aromatic heterocycles. The fourth-order valence-electron chi connectivity index (χ4n) is 2.44. The van der Waals surface area contributed by atoms with Crippen molar-refractivity contribution >= 4 is 35.4 Å². The van der Waals surface area contributed by atoms with Crippen LogP contribution in [0, 0.1) is 0 Å². The maximum absolute atomic E-state index is 11.8. The van der Waals surface area contributed by atoms with Crippen molar-refractivity contribution in [3.63, 3.8) is 0 Å². The molecule has 0 fully saturated rings. The number of nitrogen functional groups attached to an aromatic ring is 2. The monoisotopic (exact) mass is 372 g/mol. The molecule has 1 aromatic carbocycles. The zero-order valence-electron chi connectivity index (χ0n) is 14.4. The molecule has 142 valence electrons. The minimum absolute atomic E-state index is 0.0286. The molecule has 10 heteroatoms. The Hall–Kier alpha value is -3.82. The minimum atomic E-state index is -1.13. The van der Waals surface area contributed by atoms with Crippen LogP contribution in [-0.4, -0.2) is 33.5 Å². The highest BCUT2D eigenvalue weighted by Gasteiger charge is 2.10. The number of carbonyl (C=O) groups excluding carboxylic acids is 1. The average molecular weight is 372 g/mol. The number of aromatic carboxylic acids is 1.